The number of rotatable bonds is 13. The maximum Gasteiger partial charge on any atom is 0.308 e. The number of aliphatic hydroxyl groups excluding tert-OH is 1. The molecule has 0 bridgehead atoms. The molecule has 0 aliphatic carbocycles. The van der Waals surface area contributed by atoms with Gasteiger partial charge in [0.25, 0.3) is 5.91 Å². The van der Waals surface area contributed by atoms with Gasteiger partial charge < -0.3 is 20.5 Å². The van der Waals surface area contributed by atoms with E-state index in [1.807, 2.05) is 44.3 Å². The molecule has 0 saturated heterocycles. The molecule has 0 fully saturated rings. The Labute approximate surface area is 201 Å². The van der Waals surface area contributed by atoms with Crippen LogP contribution >= 0.6 is 11.3 Å². The highest BCUT2D eigenvalue weighted by atomic mass is 32.1. The molecular weight excluding hydrogens is 438 g/mol. The van der Waals surface area contributed by atoms with E-state index >= 15 is 0 Å². The van der Waals surface area contributed by atoms with Crippen molar-refractivity contribution in [3.8, 4) is 0 Å². The van der Waals surface area contributed by atoms with E-state index in [1.54, 1.807) is 12.3 Å². The van der Waals surface area contributed by atoms with Gasteiger partial charge in [-0.3, -0.25) is 9.59 Å². The fourth-order valence-corrected chi connectivity index (χ4v) is 4.56. The molecule has 4 atom stereocenters. The number of esters is 1. The van der Waals surface area contributed by atoms with Crippen molar-refractivity contribution in [1.29, 1.82) is 0 Å². The van der Waals surface area contributed by atoms with Crippen LogP contribution in [0.4, 0.5) is 0 Å². The summed E-state index contributed by atoms with van der Waals surface area (Å²) in [5.41, 5.74) is 1.35. The number of hydrogen-bond acceptors (Lipinski definition) is 7. The minimum absolute atomic E-state index is 0.154. The molecule has 1 aromatic carbocycles. The number of aromatic nitrogens is 1. The van der Waals surface area contributed by atoms with Crippen LogP contribution < -0.4 is 10.6 Å². The third-order valence-electron chi connectivity index (χ3n) is 5.68. The van der Waals surface area contributed by atoms with E-state index in [1.165, 1.54) is 11.3 Å². The lowest BCUT2D eigenvalue weighted by molar-refractivity contribution is -0.147. The number of nitrogens with one attached hydrogen (secondary N) is 2. The number of benzene rings is 1. The largest absolute Gasteiger partial charge is 0.466 e. The van der Waals surface area contributed by atoms with Gasteiger partial charge in [0.1, 0.15) is 16.8 Å². The van der Waals surface area contributed by atoms with Gasteiger partial charge in [0, 0.05) is 17.5 Å². The molecule has 1 amide bonds. The summed E-state index contributed by atoms with van der Waals surface area (Å²) in [6.07, 6.45) is 0.836. The number of nitrogens with zero attached hydrogens (tertiary/aromatic N) is 1. The van der Waals surface area contributed by atoms with Gasteiger partial charge in [-0.05, 0) is 44.7 Å². The first-order valence-corrected chi connectivity index (χ1v) is 12.4. The zero-order chi connectivity index (χ0) is 24.4. The van der Waals surface area contributed by atoms with Gasteiger partial charge in [0.05, 0.1) is 12.5 Å². The Morgan fingerprint density at radius 1 is 1.15 bits per heavy atom. The van der Waals surface area contributed by atoms with Crippen molar-refractivity contribution >= 4 is 23.2 Å². The number of carbonyl (C=O) groups excluding carboxylic acids is 2. The molecule has 0 radical (unpaired) electrons. The second kappa shape index (κ2) is 13.4. The summed E-state index contributed by atoms with van der Waals surface area (Å²) in [7, 11) is 1.88. The van der Waals surface area contributed by atoms with Crippen LogP contribution in [0.5, 0.6) is 0 Å². The first-order chi connectivity index (χ1) is 15.7. The van der Waals surface area contributed by atoms with Crippen LogP contribution in [0.25, 0.3) is 0 Å². The Bertz CT molecular complexity index is 872. The lowest BCUT2D eigenvalue weighted by Gasteiger charge is -2.22. The van der Waals surface area contributed by atoms with Crippen molar-refractivity contribution in [3.05, 3.63) is 52.0 Å². The molecule has 2 aromatic rings. The number of thiazole rings is 1. The Morgan fingerprint density at radius 2 is 1.85 bits per heavy atom. The molecule has 33 heavy (non-hydrogen) atoms. The Hall–Kier alpha value is -2.29. The molecule has 182 valence electrons. The van der Waals surface area contributed by atoms with Crippen LogP contribution in [0.15, 0.2) is 35.7 Å². The number of hydrogen-bond donors (Lipinski definition) is 3. The maximum atomic E-state index is 13.0. The second-order valence-electron chi connectivity index (χ2n) is 8.71. The predicted octanol–water partition coefficient (Wildman–Crippen LogP) is 3.74. The summed E-state index contributed by atoms with van der Waals surface area (Å²) in [6.45, 7) is 8.11. The molecule has 0 spiro atoms. The predicted molar refractivity (Wildman–Crippen MR) is 131 cm³/mol. The molecule has 3 N–H and O–H groups in total. The smallest absolute Gasteiger partial charge is 0.308 e. The van der Waals surface area contributed by atoms with E-state index in [0.29, 0.717) is 36.8 Å². The molecule has 4 unspecified atom stereocenters. The van der Waals surface area contributed by atoms with Gasteiger partial charge in [0.15, 0.2) is 0 Å². The van der Waals surface area contributed by atoms with Gasteiger partial charge in [-0.1, -0.05) is 51.1 Å². The molecule has 7 nitrogen and oxygen atoms in total. The van der Waals surface area contributed by atoms with Crippen molar-refractivity contribution in [1.82, 2.24) is 15.6 Å². The molecule has 1 heterocycles. The van der Waals surface area contributed by atoms with Crippen molar-refractivity contribution < 1.29 is 19.4 Å². The normalized spacial score (nSPS) is 15.0. The number of aliphatic hydroxyl groups is 1. The van der Waals surface area contributed by atoms with Crippen LogP contribution in [0.1, 0.15) is 67.7 Å². The minimum Gasteiger partial charge on any atom is -0.466 e. The zero-order valence-electron chi connectivity index (χ0n) is 20.2. The summed E-state index contributed by atoms with van der Waals surface area (Å²) in [6, 6.07) is 9.74. The lowest BCUT2D eigenvalue weighted by Crippen LogP contribution is -2.39. The molecular formula is C25H37N3O4S. The van der Waals surface area contributed by atoms with Crippen LogP contribution in [-0.2, 0) is 16.0 Å². The molecule has 0 aliphatic rings. The second-order valence-corrected chi connectivity index (χ2v) is 9.60. The van der Waals surface area contributed by atoms with Gasteiger partial charge in [-0.15, -0.1) is 11.3 Å². The maximum absolute atomic E-state index is 13.0. The Morgan fingerprint density at radius 3 is 2.45 bits per heavy atom. The average Bonchev–Trinajstić information content (AvgIpc) is 3.28. The summed E-state index contributed by atoms with van der Waals surface area (Å²) in [4.78, 5) is 29.5. The first kappa shape index (κ1) is 27.0. The van der Waals surface area contributed by atoms with E-state index in [-0.39, 0.29) is 35.6 Å². The Kier molecular flexibility index (Phi) is 11.0. The SMILES string of the molecule is CCOC(=O)C(C)CC(Cc1ccccc1)NC(=O)c1csc(C(O)CC(NC)C(C)C)n1. The van der Waals surface area contributed by atoms with Crippen LogP contribution in [0, 0.1) is 11.8 Å². The molecule has 0 saturated carbocycles. The molecule has 8 heteroatoms. The highest BCUT2D eigenvalue weighted by Crippen LogP contribution is 2.24. The standard InChI is InChI=1S/C25H37N3O4S/c1-6-32-25(31)17(4)12-19(13-18-10-8-7-9-11-18)27-23(30)21-15-33-24(28-21)22(29)14-20(26-5)16(2)3/h7-11,15-17,19-20,22,26,29H,6,12-14H2,1-5H3,(H,27,30). The zero-order valence-corrected chi connectivity index (χ0v) is 21.0. The molecule has 0 aliphatic heterocycles. The Balaban J connectivity index is 2.09. The third-order valence-corrected chi connectivity index (χ3v) is 6.63. The van der Waals surface area contributed by atoms with E-state index in [4.69, 9.17) is 4.74 Å². The van der Waals surface area contributed by atoms with Crippen LogP contribution in [0.2, 0.25) is 0 Å². The number of ether oxygens (including phenoxy) is 1. The quantitative estimate of drug-likeness (QED) is 0.382. The summed E-state index contributed by atoms with van der Waals surface area (Å²) in [5, 5.41) is 19.1. The summed E-state index contributed by atoms with van der Waals surface area (Å²) >= 11 is 1.28. The highest BCUT2D eigenvalue weighted by Gasteiger charge is 2.25. The van der Waals surface area contributed by atoms with E-state index in [2.05, 4.69) is 29.5 Å². The van der Waals surface area contributed by atoms with Crippen LogP contribution in [0.3, 0.4) is 0 Å². The number of carbonyl (C=O) groups is 2. The highest BCUT2D eigenvalue weighted by molar-refractivity contribution is 7.09. The van der Waals surface area contributed by atoms with Crippen LogP contribution in [-0.4, -0.2) is 47.7 Å². The molecule has 2 rings (SSSR count). The van der Waals surface area contributed by atoms with Crippen molar-refractivity contribution in [2.24, 2.45) is 11.8 Å². The topological polar surface area (TPSA) is 101 Å². The van der Waals surface area contributed by atoms with E-state index in [0.717, 1.165) is 5.56 Å². The monoisotopic (exact) mass is 475 g/mol. The fourth-order valence-electron chi connectivity index (χ4n) is 3.77. The molecule has 1 aromatic heterocycles. The summed E-state index contributed by atoms with van der Waals surface area (Å²) < 4.78 is 5.14. The van der Waals surface area contributed by atoms with Gasteiger partial charge in [-0.2, -0.15) is 0 Å². The van der Waals surface area contributed by atoms with Crippen molar-refractivity contribution in [2.75, 3.05) is 13.7 Å². The first-order valence-electron chi connectivity index (χ1n) is 11.6. The van der Waals surface area contributed by atoms with Gasteiger partial charge in [-0.25, -0.2) is 4.98 Å². The van der Waals surface area contributed by atoms with E-state index < -0.39 is 6.10 Å². The van der Waals surface area contributed by atoms with Gasteiger partial charge in [0.2, 0.25) is 0 Å². The van der Waals surface area contributed by atoms with Gasteiger partial charge >= 0.3 is 5.97 Å². The summed E-state index contributed by atoms with van der Waals surface area (Å²) in [5.74, 6) is -0.558. The van der Waals surface area contributed by atoms with E-state index in [9.17, 15) is 14.7 Å². The van der Waals surface area contributed by atoms with Crippen molar-refractivity contribution in [2.45, 2.75) is 65.1 Å². The minimum atomic E-state index is -0.736. The average molecular weight is 476 g/mol. The van der Waals surface area contributed by atoms with Crippen molar-refractivity contribution in [3.63, 3.8) is 0 Å². The third kappa shape index (κ3) is 8.53. The lowest BCUT2D eigenvalue weighted by atomic mass is 9.96. The number of amides is 1. The fraction of sp³-hybridized carbons (Fsp3) is 0.560.